The zero-order valence-electron chi connectivity index (χ0n) is 5.94. The first-order valence-corrected chi connectivity index (χ1v) is 4.69. The predicted octanol–water partition coefficient (Wildman–Crippen LogP) is 0.695. The number of aromatic nitrogens is 2. The Morgan fingerprint density at radius 3 is 2.91 bits per heavy atom. The van der Waals surface area contributed by atoms with Gasteiger partial charge in [-0.2, -0.15) is 0 Å². The molecule has 0 saturated heterocycles. The van der Waals surface area contributed by atoms with E-state index in [4.69, 9.17) is 4.74 Å². The van der Waals surface area contributed by atoms with Crippen LogP contribution in [0.15, 0.2) is 18.2 Å². The summed E-state index contributed by atoms with van der Waals surface area (Å²) in [5.41, 5.74) is 1.95. The van der Waals surface area contributed by atoms with Crippen LogP contribution < -0.4 is 4.74 Å². The van der Waals surface area contributed by atoms with E-state index in [0.29, 0.717) is 0 Å². The summed E-state index contributed by atoms with van der Waals surface area (Å²) < 4.78 is 13.5. The van der Waals surface area contributed by atoms with Crippen LogP contribution in [0.4, 0.5) is 0 Å². The molecule has 0 aliphatic heterocycles. The molecule has 4 heteroatoms. The van der Waals surface area contributed by atoms with Crippen molar-refractivity contribution in [3.05, 3.63) is 18.2 Å². The second-order valence-corrected chi connectivity index (χ2v) is 3.23. The molecule has 2 aromatic rings. The fraction of sp³-hybridized carbons (Fsp3) is 0.143. The molecule has 0 aliphatic carbocycles. The topological polar surface area (TPSA) is 35.0 Å². The Kier molecular flexibility index (Phi) is 1.64. The molecule has 1 aromatic carbocycles. The van der Waals surface area contributed by atoms with Crippen LogP contribution in [0.5, 0.6) is 5.75 Å². The SMILES string of the molecule is COc1ccc2n[se]nc2c1. The molecule has 0 spiro atoms. The normalized spacial score (nSPS) is 10.3. The number of benzene rings is 1. The van der Waals surface area contributed by atoms with Crippen molar-refractivity contribution in [2.45, 2.75) is 0 Å². The molecule has 3 nitrogen and oxygen atoms in total. The molecule has 0 atom stereocenters. The average molecular weight is 213 g/mol. The van der Waals surface area contributed by atoms with Crippen LogP contribution >= 0.6 is 0 Å². The van der Waals surface area contributed by atoms with E-state index < -0.39 is 0 Å². The van der Waals surface area contributed by atoms with E-state index in [0.717, 1.165) is 16.8 Å². The van der Waals surface area contributed by atoms with E-state index in [2.05, 4.69) is 7.96 Å². The molecule has 1 aromatic heterocycles. The fourth-order valence-electron chi connectivity index (χ4n) is 0.889. The van der Waals surface area contributed by atoms with Crippen LogP contribution in [-0.2, 0) is 0 Å². The van der Waals surface area contributed by atoms with Gasteiger partial charge in [0.15, 0.2) is 0 Å². The van der Waals surface area contributed by atoms with Gasteiger partial charge in [-0.1, -0.05) is 0 Å². The van der Waals surface area contributed by atoms with Gasteiger partial charge in [-0.05, 0) is 0 Å². The van der Waals surface area contributed by atoms with Crippen LogP contribution in [0.2, 0.25) is 0 Å². The minimum atomic E-state index is 0.0642. The van der Waals surface area contributed by atoms with Crippen molar-refractivity contribution >= 4 is 26.0 Å². The summed E-state index contributed by atoms with van der Waals surface area (Å²) in [7, 11) is 1.65. The van der Waals surface area contributed by atoms with Crippen molar-refractivity contribution in [3.63, 3.8) is 0 Å². The molecule has 0 amide bonds. The Bertz CT molecular complexity index is 371. The van der Waals surface area contributed by atoms with Crippen molar-refractivity contribution in [1.29, 1.82) is 0 Å². The maximum atomic E-state index is 5.04. The van der Waals surface area contributed by atoms with Crippen molar-refractivity contribution in [1.82, 2.24) is 7.96 Å². The summed E-state index contributed by atoms with van der Waals surface area (Å²) in [5, 5.41) is 0. The first-order chi connectivity index (χ1) is 5.40. The number of methoxy groups -OCH3 is 1. The standard InChI is InChI=1S/C7H6N2OSe/c1-10-5-2-3-6-7(4-5)9-11-8-6/h2-4H,1H3. The summed E-state index contributed by atoms with van der Waals surface area (Å²) in [6.07, 6.45) is 0. The molecule has 11 heavy (non-hydrogen) atoms. The fourth-order valence-corrected chi connectivity index (χ4v) is 1.97. The zero-order valence-corrected chi connectivity index (χ0v) is 7.66. The molecule has 0 fully saturated rings. The van der Waals surface area contributed by atoms with Gasteiger partial charge in [-0.3, -0.25) is 0 Å². The Morgan fingerprint density at radius 1 is 1.27 bits per heavy atom. The molecule has 0 N–H and O–H groups in total. The minimum absolute atomic E-state index is 0.0642. The summed E-state index contributed by atoms with van der Waals surface area (Å²) in [4.78, 5) is 0. The molecular weight excluding hydrogens is 207 g/mol. The molecule has 0 bridgehead atoms. The third kappa shape index (κ3) is 1.15. The number of hydrogen-bond donors (Lipinski definition) is 0. The number of ether oxygens (including phenoxy) is 1. The van der Waals surface area contributed by atoms with E-state index in [1.54, 1.807) is 7.11 Å². The molecule has 0 aliphatic rings. The molecule has 2 rings (SSSR count). The van der Waals surface area contributed by atoms with Gasteiger partial charge >= 0.3 is 69.7 Å². The summed E-state index contributed by atoms with van der Waals surface area (Å²) in [6.45, 7) is 0. The van der Waals surface area contributed by atoms with E-state index >= 15 is 0 Å². The number of hydrogen-bond acceptors (Lipinski definition) is 3. The van der Waals surface area contributed by atoms with Crippen molar-refractivity contribution in [2.24, 2.45) is 0 Å². The zero-order chi connectivity index (χ0) is 7.68. The number of nitrogens with zero attached hydrogens (tertiary/aromatic N) is 2. The molecule has 1 heterocycles. The summed E-state index contributed by atoms with van der Waals surface area (Å²) in [5.74, 6) is 0.848. The third-order valence-electron chi connectivity index (χ3n) is 1.46. The van der Waals surface area contributed by atoms with Crippen molar-refractivity contribution < 1.29 is 4.74 Å². The second kappa shape index (κ2) is 2.64. The second-order valence-electron chi connectivity index (χ2n) is 2.12. The quantitative estimate of drug-likeness (QED) is 0.654. The van der Waals surface area contributed by atoms with Gasteiger partial charge in [-0.25, -0.2) is 0 Å². The van der Waals surface area contributed by atoms with Gasteiger partial charge in [-0.15, -0.1) is 0 Å². The van der Waals surface area contributed by atoms with Crippen LogP contribution in [0.1, 0.15) is 0 Å². The number of fused-ring (bicyclic) bond motifs is 1. The Labute approximate surface area is 70.2 Å². The van der Waals surface area contributed by atoms with Gasteiger partial charge in [0, 0.05) is 0 Å². The van der Waals surface area contributed by atoms with Crippen LogP contribution in [0, 0.1) is 0 Å². The van der Waals surface area contributed by atoms with Crippen LogP contribution in [0.3, 0.4) is 0 Å². The van der Waals surface area contributed by atoms with Gasteiger partial charge < -0.3 is 0 Å². The van der Waals surface area contributed by atoms with Gasteiger partial charge in [0.2, 0.25) is 0 Å². The van der Waals surface area contributed by atoms with Gasteiger partial charge in [0.25, 0.3) is 0 Å². The first-order valence-electron chi connectivity index (χ1n) is 3.16. The molecule has 0 saturated carbocycles. The van der Waals surface area contributed by atoms with E-state index in [9.17, 15) is 0 Å². The van der Waals surface area contributed by atoms with Crippen LogP contribution in [0.25, 0.3) is 11.0 Å². The number of rotatable bonds is 1. The van der Waals surface area contributed by atoms with E-state index in [-0.39, 0.29) is 15.0 Å². The summed E-state index contributed by atoms with van der Waals surface area (Å²) >= 11 is 0.0642. The van der Waals surface area contributed by atoms with E-state index in [1.807, 2.05) is 18.2 Å². The monoisotopic (exact) mass is 214 g/mol. The third-order valence-corrected chi connectivity index (χ3v) is 2.63. The first kappa shape index (κ1) is 6.83. The van der Waals surface area contributed by atoms with Crippen molar-refractivity contribution in [3.8, 4) is 5.75 Å². The molecule has 0 radical (unpaired) electrons. The Morgan fingerprint density at radius 2 is 2.09 bits per heavy atom. The Hall–Kier alpha value is -0.861. The molecule has 0 unspecified atom stereocenters. The molecule has 56 valence electrons. The van der Waals surface area contributed by atoms with E-state index in [1.165, 1.54) is 0 Å². The Balaban J connectivity index is 2.67. The van der Waals surface area contributed by atoms with Crippen molar-refractivity contribution in [2.75, 3.05) is 7.11 Å². The predicted molar refractivity (Wildman–Crippen MR) is 43.0 cm³/mol. The molecular formula is C7H6N2OSe. The van der Waals surface area contributed by atoms with Crippen LogP contribution in [-0.4, -0.2) is 30.0 Å². The average Bonchev–Trinajstić information content (AvgIpc) is 2.50. The van der Waals surface area contributed by atoms with Gasteiger partial charge in [0.1, 0.15) is 0 Å². The maximum absolute atomic E-state index is 5.04. The van der Waals surface area contributed by atoms with Gasteiger partial charge in [0.05, 0.1) is 0 Å². The summed E-state index contributed by atoms with van der Waals surface area (Å²) in [6, 6.07) is 5.75.